The van der Waals surface area contributed by atoms with Crippen LogP contribution in [-0.4, -0.2) is 34.3 Å². The van der Waals surface area contributed by atoms with Gasteiger partial charge in [-0.15, -0.1) is 0 Å². The predicted molar refractivity (Wildman–Crippen MR) is 106 cm³/mol. The lowest BCUT2D eigenvalue weighted by Crippen LogP contribution is -3.08. The van der Waals surface area contributed by atoms with E-state index in [-0.39, 0.29) is 5.91 Å². The highest BCUT2D eigenvalue weighted by molar-refractivity contribution is 6.31. The molecule has 1 heterocycles. The van der Waals surface area contributed by atoms with Crippen LogP contribution in [0.5, 0.6) is 0 Å². The summed E-state index contributed by atoms with van der Waals surface area (Å²) in [6, 6.07) is 11.7. The van der Waals surface area contributed by atoms with Crippen molar-refractivity contribution in [3.05, 3.63) is 70.8 Å². The summed E-state index contributed by atoms with van der Waals surface area (Å²) in [5.41, 5.74) is 5.07. The summed E-state index contributed by atoms with van der Waals surface area (Å²) >= 11 is 6.10. The van der Waals surface area contributed by atoms with Crippen molar-refractivity contribution in [1.29, 1.82) is 0 Å². The second kappa shape index (κ2) is 8.33. The van der Waals surface area contributed by atoms with E-state index in [0.29, 0.717) is 17.3 Å². The molecule has 0 saturated carbocycles. The lowest BCUT2D eigenvalue weighted by molar-refractivity contribution is -0.885. The summed E-state index contributed by atoms with van der Waals surface area (Å²) in [7, 11) is 2.01. The molecule has 0 aliphatic rings. The molecule has 0 bridgehead atoms. The fraction of sp³-hybridized carbons (Fsp3) is 0.250. The Morgan fingerprint density at radius 1 is 1.22 bits per heavy atom. The predicted octanol–water partition coefficient (Wildman–Crippen LogP) is 2.19. The first-order valence-corrected chi connectivity index (χ1v) is 9.12. The number of halogens is 1. The van der Waals surface area contributed by atoms with Gasteiger partial charge in [0.2, 0.25) is 0 Å². The molecule has 3 rings (SSSR count). The average molecular weight is 385 g/mol. The van der Waals surface area contributed by atoms with Gasteiger partial charge in [0.05, 0.1) is 18.4 Å². The van der Waals surface area contributed by atoms with E-state index in [9.17, 15) is 4.79 Å². The Labute approximate surface area is 163 Å². The number of hydrogen-bond acceptors (Lipinski definition) is 3. The lowest BCUT2D eigenvalue weighted by Gasteiger charge is -2.16. The molecule has 0 saturated heterocycles. The van der Waals surface area contributed by atoms with Crippen LogP contribution in [-0.2, 0) is 11.3 Å². The van der Waals surface area contributed by atoms with Crippen molar-refractivity contribution in [2.75, 3.05) is 18.9 Å². The molecule has 0 spiro atoms. The molecule has 0 aliphatic carbocycles. The van der Waals surface area contributed by atoms with E-state index in [1.165, 1.54) is 23.0 Å². The van der Waals surface area contributed by atoms with Crippen LogP contribution in [0.15, 0.2) is 49.1 Å². The van der Waals surface area contributed by atoms with Gasteiger partial charge in [-0.3, -0.25) is 4.79 Å². The number of nitrogens with zero attached hydrogens (tertiary/aromatic N) is 3. The minimum Gasteiger partial charge on any atom is -0.326 e. The van der Waals surface area contributed by atoms with Crippen LogP contribution in [0.4, 0.5) is 5.69 Å². The van der Waals surface area contributed by atoms with Gasteiger partial charge in [-0.2, -0.15) is 5.10 Å². The molecular formula is C20H23ClN5O+. The maximum Gasteiger partial charge on any atom is 0.279 e. The number of nitrogens with one attached hydrogen (secondary N) is 2. The third-order valence-electron chi connectivity index (χ3n) is 4.35. The van der Waals surface area contributed by atoms with Crippen molar-refractivity contribution in [2.45, 2.75) is 20.4 Å². The van der Waals surface area contributed by atoms with Gasteiger partial charge in [-0.1, -0.05) is 35.4 Å². The largest absolute Gasteiger partial charge is 0.326 e. The van der Waals surface area contributed by atoms with Crippen LogP contribution >= 0.6 is 11.6 Å². The molecular weight excluding hydrogens is 362 g/mol. The number of aryl methyl sites for hydroxylation is 2. The molecule has 2 N–H and O–H groups in total. The highest BCUT2D eigenvalue weighted by atomic mass is 35.5. The monoisotopic (exact) mass is 384 g/mol. The first-order valence-electron chi connectivity index (χ1n) is 8.74. The minimum absolute atomic E-state index is 0.0825. The number of likely N-dealkylation sites (N-methyl/N-ethyl adjacent to an activating group) is 1. The number of rotatable bonds is 6. The van der Waals surface area contributed by atoms with Gasteiger partial charge in [-0.05, 0) is 37.6 Å². The van der Waals surface area contributed by atoms with Gasteiger partial charge in [-0.25, -0.2) is 9.67 Å². The Kier molecular flexibility index (Phi) is 5.88. The van der Waals surface area contributed by atoms with Gasteiger partial charge in [0.1, 0.15) is 19.2 Å². The average Bonchev–Trinajstić information content (AvgIpc) is 3.11. The molecule has 7 heteroatoms. The van der Waals surface area contributed by atoms with Crippen molar-refractivity contribution in [2.24, 2.45) is 0 Å². The van der Waals surface area contributed by atoms with Crippen molar-refractivity contribution < 1.29 is 9.69 Å². The van der Waals surface area contributed by atoms with Gasteiger partial charge in [0, 0.05) is 10.6 Å². The normalized spacial score (nSPS) is 12.0. The third-order valence-corrected chi connectivity index (χ3v) is 4.59. The first-order chi connectivity index (χ1) is 12.9. The zero-order valence-electron chi connectivity index (χ0n) is 15.7. The number of carbonyl (C=O) groups is 1. The number of benzene rings is 2. The summed E-state index contributed by atoms with van der Waals surface area (Å²) in [6.45, 7) is 5.31. The van der Waals surface area contributed by atoms with Crippen LogP contribution in [0, 0.1) is 13.8 Å². The van der Waals surface area contributed by atoms with Crippen molar-refractivity contribution in [3.8, 4) is 5.69 Å². The van der Waals surface area contributed by atoms with E-state index in [2.05, 4.69) is 47.4 Å². The van der Waals surface area contributed by atoms with Crippen LogP contribution < -0.4 is 10.2 Å². The number of quaternary nitrogens is 1. The van der Waals surface area contributed by atoms with Gasteiger partial charge in [0.15, 0.2) is 6.54 Å². The number of hydrogen-bond donors (Lipinski definition) is 2. The van der Waals surface area contributed by atoms with E-state index in [0.717, 1.165) is 17.1 Å². The van der Waals surface area contributed by atoms with Crippen LogP contribution in [0.1, 0.15) is 16.7 Å². The fourth-order valence-electron chi connectivity index (χ4n) is 3.04. The van der Waals surface area contributed by atoms with E-state index in [1.54, 1.807) is 29.2 Å². The summed E-state index contributed by atoms with van der Waals surface area (Å²) in [4.78, 5) is 17.6. The van der Waals surface area contributed by atoms with Crippen molar-refractivity contribution in [3.63, 3.8) is 0 Å². The molecule has 0 aliphatic heterocycles. The Bertz CT molecular complexity index is 940. The molecule has 0 radical (unpaired) electrons. The van der Waals surface area contributed by atoms with Crippen LogP contribution in [0.3, 0.4) is 0 Å². The Balaban J connectivity index is 1.68. The number of anilines is 1. The Morgan fingerprint density at radius 3 is 2.74 bits per heavy atom. The third kappa shape index (κ3) is 4.93. The van der Waals surface area contributed by atoms with E-state index in [4.69, 9.17) is 11.6 Å². The second-order valence-electron chi connectivity index (χ2n) is 6.79. The highest BCUT2D eigenvalue weighted by Gasteiger charge is 2.15. The zero-order chi connectivity index (χ0) is 19.4. The standard InChI is InChI=1S/C20H22ClN5O/c1-14-4-5-16(15(2)8-14)10-25(3)11-20(27)24-18-9-17(21)6-7-19(18)26-13-22-12-23-26/h4-9,12-13H,10-11H2,1-3H3,(H,24,27)/p+1. The minimum atomic E-state index is -0.0825. The van der Waals surface area contributed by atoms with E-state index < -0.39 is 0 Å². The smallest absolute Gasteiger partial charge is 0.279 e. The quantitative estimate of drug-likeness (QED) is 0.684. The van der Waals surface area contributed by atoms with Gasteiger partial charge >= 0.3 is 0 Å². The Morgan fingerprint density at radius 2 is 2.04 bits per heavy atom. The van der Waals surface area contributed by atoms with Gasteiger partial charge in [0.25, 0.3) is 5.91 Å². The molecule has 1 atom stereocenters. The molecule has 1 aromatic heterocycles. The molecule has 6 nitrogen and oxygen atoms in total. The summed E-state index contributed by atoms with van der Waals surface area (Å²) in [5, 5.41) is 7.62. The lowest BCUT2D eigenvalue weighted by atomic mass is 10.1. The molecule has 0 fully saturated rings. The second-order valence-corrected chi connectivity index (χ2v) is 7.23. The number of aromatic nitrogens is 3. The van der Waals surface area contributed by atoms with Gasteiger partial charge < -0.3 is 10.2 Å². The molecule has 2 aromatic carbocycles. The van der Waals surface area contributed by atoms with Crippen LogP contribution in [0.25, 0.3) is 5.69 Å². The van der Waals surface area contributed by atoms with Crippen molar-refractivity contribution >= 4 is 23.2 Å². The summed E-state index contributed by atoms with van der Waals surface area (Å²) in [5.74, 6) is -0.0825. The fourth-order valence-corrected chi connectivity index (χ4v) is 3.21. The molecule has 27 heavy (non-hydrogen) atoms. The number of carbonyl (C=O) groups excluding carboxylic acids is 1. The zero-order valence-corrected chi connectivity index (χ0v) is 16.4. The Hall–Kier alpha value is -2.70. The molecule has 140 valence electrons. The molecule has 1 unspecified atom stereocenters. The number of amides is 1. The van der Waals surface area contributed by atoms with Crippen molar-refractivity contribution in [1.82, 2.24) is 14.8 Å². The molecule has 3 aromatic rings. The first kappa shape index (κ1) is 19.1. The molecule has 1 amide bonds. The summed E-state index contributed by atoms with van der Waals surface area (Å²) < 4.78 is 1.60. The maximum absolute atomic E-state index is 12.6. The topological polar surface area (TPSA) is 64.2 Å². The van der Waals surface area contributed by atoms with E-state index >= 15 is 0 Å². The highest BCUT2D eigenvalue weighted by Crippen LogP contribution is 2.23. The van der Waals surface area contributed by atoms with Crippen LogP contribution in [0.2, 0.25) is 5.02 Å². The maximum atomic E-state index is 12.6. The summed E-state index contributed by atoms with van der Waals surface area (Å²) in [6.07, 6.45) is 3.03. The SMILES string of the molecule is Cc1ccc(C[NH+](C)CC(=O)Nc2cc(Cl)ccc2-n2cncn2)c(C)c1. The van der Waals surface area contributed by atoms with E-state index in [1.807, 2.05) is 7.05 Å².